The topological polar surface area (TPSA) is 90.3 Å². The minimum Gasteiger partial charge on any atom is -0.322 e. The number of carbonyl (C=O) groups excluding carboxylic acids is 1. The van der Waals surface area contributed by atoms with Crippen molar-refractivity contribution in [2.45, 2.75) is 11.3 Å². The van der Waals surface area contributed by atoms with E-state index in [4.69, 9.17) is 5.26 Å². The van der Waals surface area contributed by atoms with Crippen LogP contribution >= 0.6 is 0 Å². The zero-order valence-corrected chi connectivity index (χ0v) is 16.9. The smallest absolute Gasteiger partial charge is 0.264 e. The van der Waals surface area contributed by atoms with E-state index in [2.05, 4.69) is 5.32 Å². The molecule has 0 aromatic heterocycles. The van der Waals surface area contributed by atoms with Gasteiger partial charge in [0.15, 0.2) is 0 Å². The second-order valence-electron chi connectivity index (χ2n) is 6.44. The molecular formula is C22H18FN3O3S. The molecule has 0 aliphatic heterocycles. The predicted octanol–water partition coefficient (Wildman–Crippen LogP) is 3.97. The molecule has 3 rings (SSSR count). The van der Waals surface area contributed by atoms with Crippen molar-refractivity contribution in [2.75, 3.05) is 16.7 Å². The lowest BCUT2D eigenvalue weighted by Crippen LogP contribution is -2.27. The van der Waals surface area contributed by atoms with Gasteiger partial charge in [0, 0.05) is 18.3 Å². The molecular weight excluding hydrogens is 405 g/mol. The summed E-state index contributed by atoms with van der Waals surface area (Å²) in [6.45, 7) is 0. The van der Waals surface area contributed by atoms with Crippen molar-refractivity contribution in [3.05, 3.63) is 89.7 Å². The number of nitrogens with one attached hydrogen (secondary N) is 1. The first-order chi connectivity index (χ1) is 14.3. The highest BCUT2D eigenvalue weighted by Crippen LogP contribution is 2.25. The number of amides is 1. The van der Waals surface area contributed by atoms with Crippen LogP contribution in [0.5, 0.6) is 0 Å². The fraction of sp³-hybridized carbons (Fsp3) is 0.0909. The third-order valence-corrected chi connectivity index (χ3v) is 6.21. The van der Waals surface area contributed by atoms with Gasteiger partial charge < -0.3 is 5.32 Å². The molecule has 0 bridgehead atoms. The van der Waals surface area contributed by atoms with E-state index in [0.29, 0.717) is 5.69 Å². The maximum atomic E-state index is 14.0. The predicted molar refractivity (Wildman–Crippen MR) is 112 cm³/mol. The number of para-hydroxylation sites is 1. The molecule has 0 aliphatic rings. The number of nitrogens with zero attached hydrogens (tertiary/aromatic N) is 2. The Bertz CT molecular complexity index is 1220. The van der Waals surface area contributed by atoms with Crippen LogP contribution in [0.3, 0.4) is 0 Å². The minimum atomic E-state index is -4.07. The molecule has 0 heterocycles. The van der Waals surface area contributed by atoms with Crippen LogP contribution in [0, 0.1) is 17.1 Å². The van der Waals surface area contributed by atoms with Gasteiger partial charge in [-0.3, -0.25) is 9.10 Å². The van der Waals surface area contributed by atoms with Crippen molar-refractivity contribution >= 4 is 27.3 Å². The molecule has 0 unspecified atom stereocenters. The normalized spacial score (nSPS) is 10.8. The van der Waals surface area contributed by atoms with Crippen LogP contribution in [0.2, 0.25) is 0 Å². The van der Waals surface area contributed by atoms with Gasteiger partial charge in [0.2, 0.25) is 0 Å². The van der Waals surface area contributed by atoms with E-state index in [9.17, 15) is 17.6 Å². The van der Waals surface area contributed by atoms with E-state index >= 15 is 0 Å². The van der Waals surface area contributed by atoms with Crippen LogP contribution in [0.15, 0.2) is 77.7 Å². The summed E-state index contributed by atoms with van der Waals surface area (Å²) >= 11 is 0. The van der Waals surface area contributed by atoms with Gasteiger partial charge in [-0.1, -0.05) is 30.3 Å². The number of carbonyl (C=O) groups is 1. The van der Waals surface area contributed by atoms with Crippen molar-refractivity contribution in [2.24, 2.45) is 0 Å². The lowest BCUT2D eigenvalue weighted by Gasteiger charge is -2.20. The zero-order chi connectivity index (χ0) is 21.7. The number of benzene rings is 3. The molecule has 0 saturated carbocycles. The summed E-state index contributed by atoms with van der Waals surface area (Å²) in [5.74, 6) is -1.16. The summed E-state index contributed by atoms with van der Waals surface area (Å²) in [7, 11) is -2.82. The van der Waals surface area contributed by atoms with Crippen LogP contribution in [0.4, 0.5) is 15.8 Å². The zero-order valence-electron chi connectivity index (χ0n) is 16.0. The van der Waals surface area contributed by atoms with E-state index in [1.165, 1.54) is 55.6 Å². The molecule has 3 aromatic carbocycles. The van der Waals surface area contributed by atoms with Gasteiger partial charge in [-0.25, -0.2) is 12.8 Å². The first-order valence-corrected chi connectivity index (χ1v) is 10.4. The number of nitriles is 1. The van der Waals surface area contributed by atoms with Crippen molar-refractivity contribution < 1.29 is 17.6 Å². The molecule has 0 aliphatic carbocycles. The van der Waals surface area contributed by atoms with Gasteiger partial charge in [-0.15, -0.1) is 0 Å². The molecule has 6 nitrogen and oxygen atoms in total. The molecule has 152 valence electrons. The Morgan fingerprint density at radius 2 is 1.77 bits per heavy atom. The number of halogens is 1. The molecule has 0 saturated heterocycles. The summed E-state index contributed by atoms with van der Waals surface area (Å²) in [5.41, 5.74) is 1.38. The van der Waals surface area contributed by atoms with Crippen molar-refractivity contribution in [1.29, 1.82) is 5.26 Å². The third kappa shape index (κ3) is 4.47. The van der Waals surface area contributed by atoms with Gasteiger partial charge in [0.1, 0.15) is 5.82 Å². The molecule has 1 amide bonds. The number of hydrogen-bond acceptors (Lipinski definition) is 4. The summed E-state index contributed by atoms with van der Waals surface area (Å²) in [6.07, 6.45) is 0.268. The van der Waals surface area contributed by atoms with E-state index in [-0.39, 0.29) is 22.6 Å². The highest BCUT2D eigenvalue weighted by molar-refractivity contribution is 7.92. The largest absolute Gasteiger partial charge is 0.322 e. The van der Waals surface area contributed by atoms with Crippen molar-refractivity contribution in [1.82, 2.24) is 0 Å². The number of sulfonamides is 1. The Morgan fingerprint density at radius 3 is 2.43 bits per heavy atom. The fourth-order valence-electron chi connectivity index (χ4n) is 2.79. The first kappa shape index (κ1) is 21.0. The van der Waals surface area contributed by atoms with Gasteiger partial charge in [-0.2, -0.15) is 5.26 Å². The minimum absolute atomic E-state index is 0.0928. The average molecular weight is 423 g/mol. The number of hydrogen-bond donors (Lipinski definition) is 1. The quantitative estimate of drug-likeness (QED) is 0.650. The summed E-state index contributed by atoms with van der Waals surface area (Å²) < 4.78 is 40.7. The van der Waals surface area contributed by atoms with Crippen LogP contribution in [0.1, 0.15) is 15.9 Å². The molecule has 8 heteroatoms. The lowest BCUT2D eigenvalue weighted by molar-refractivity contribution is 0.102. The first-order valence-electron chi connectivity index (χ1n) is 8.93. The Labute approximate surface area is 174 Å². The molecule has 0 atom stereocenters. The van der Waals surface area contributed by atoms with Crippen molar-refractivity contribution in [3.63, 3.8) is 0 Å². The maximum absolute atomic E-state index is 14.0. The van der Waals surface area contributed by atoms with E-state index < -0.39 is 21.7 Å². The SMILES string of the molecule is CN(c1ccccc1F)S(=O)(=O)c1cccc(C(=O)Nc2ccc(CC#N)cc2)c1. The average Bonchev–Trinajstić information content (AvgIpc) is 2.75. The second kappa shape index (κ2) is 8.76. The van der Waals surface area contributed by atoms with Crippen LogP contribution in [0.25, 0.3) is 0 Å². The standard InChI is InChI=1S/C22H18FN3O3S/c1-26(21-8-3-2-7-20(21)23)30(28,29)19-6-4-5-17(15-19)22(27)25-18-11-9-16(10-12-18)13-14-24/h2-12,15H,13H2,1H3,(H,25,27). The van der Waals surface area contributed by atoms with E-state index in [1.54, 1.807) is 24.3 Å². The highest BCUT2D eigenvalue weighted by Gasteiger charge is 2.24. The number of anilines is 2. The molecule has 30 heavy (non-hydrogen) atoms. The van der Waals surface area contributed by atoms with E-state index in [1.807, 2.05) is 6.07 Å². The molecule has 0 radical (unpaired) electrons. The molecule has 3 aromatic rings. The van der Waals surface area contributed by atoms with E-state index in [0.717, 1.165) is 9.87 Å². The number of rotatable bonds is 6. The lowest BCUT2D eigenvalue weighted by atomic mass is 10.1. The molecule has 0 spiro atoms. The molecule has 0 fully saturated rings. The maximum Gasteiger partial charge on any atom is 0.264 e. The summed E-state index contributed by atoms with van der Waals surface area (Å²) in [6, 6.07) is 19.9. The Morgan fingerprint density at radius 1 is 1.07 bits per heavy atom. The summed E-state index contributed by atoms with van der Waals surface area (Å²) in [5, 5.41) is 11.4. The van der Waals surface area contributed by atoms with Crippen LogP contribution in [-0.4, -0.2) is 21.4 Å². The van der Waals surface area contributed by atoms with Crippen LogP contribution in [-0.2, 0) is 16.4 Å². The fourth-order valence-corrected chi connectivity index (χ4v) is 4.04. The van der Waals surface area contributed by atoms with Crippen molar-refractivity contribution in [3.8, 4) is 6.07 Å². The monoisotopic (exact) mass is 423 g/mol. The molecule has 1 N–H and O–H groups in total. The van der Waals surface area contributed by atoms with Gasteiger partial charge >= 0.3 is 0 Å². The van der Waals surface area contributed by atoms with Gasteiger partial charge in [0.25, 0.3) is 15.9 Å². The third-order valence-electron chi connectivity index (χ3n) is 4.44. The van der Waals surface area contributed by atoms with Crippen LogP contribution < -0.4 is 9.62 Å². The second-order valence-corrected chi connectivity index (χ2v) is 8.41. The summed E-state index contributed by atoms with van der Waals surface area (Å²) in [4.78, 5) is 12.4. The Hall–Kier alpha value is -3.70. The van der Waals surface area contributed by atoms with Gasteiger partial charge in [-0.05, 0) is 48.0 Å². The Balaban J connectivity index is 1.83. The van der Waals surface area contributed by atoms with Gasteiger partial charge in [0.05, 0.1) is 23.1 Å². The Kier molecular flexibility index (Phi) is 6.14. The highest BCUT2D eigenvalue weighted by atomic mass is 32.2.